The van der Waals surface area contributed by atoms with Crippen molar-refractivity contribution in [2.24, 2.45) is 0 Å². The fraction of sp³-hybridized carbons (Fsp3) is 0.357. The zero-order chi connectivity index (χ0) is 13.0. The standard InChI is InChI=1S/C14H17ClN2O.ClH/c1-3-17(4-2)10-13-9-14(16-18-13)11-5-7-12(15)8-6-11;/h5-9H,3-4,10H2,1-2H3;1H. The van der Waals surface area contributed by atoms with E-state index in [0.29, 0.717) is 0 Å². The molecule has 0 fully saturated rings. The third-order valence-electron chi connectivity index (χ3n) is 3.12. The topological polar surface area (TPSA) is 30.5 Å². The molecule has 0 radical (unpaired) electrons. The Bertz CT molecular complexity index is 492. The van der Waals surface area contributed by atoms with Crippen LogP contribution in [0.4, 0.5) is 0 Å². The Hall–Kier alpha value is -1.03. The Morgan fingerprint density at radius 1 is 1.16 bits per heavy atom. The molecular weight excluding hydrogens is 283 g/mol. The molecule has 2 rings (SSSR count). The molecule has 0 amide bonds. The van der Waals surface area contributed by atoms with Gasteiger partial charge in [0.15, 0.2) is 5.76 Å². The van der Waals surface area contributed by atoms with Crippen molar-refractivity contribution >= 4 is 11.6 Å². The van der Waals surface area contributed by atoms with Crippen LogP contribution in [0.5, 0.6) is 0 Å². The van der Waals surface area contributed by atoms with E-state index in [2.05, 4.69) is 19.0 Å². The van der Waals surface area contributed by atoms with Crippen molar-refractivity contribution in [3.63, 3.8) is 0 Å². The Morgan fingerprint density at radius 2 is 1.79 bits per heavy atom. The van der Waals surface area contributed by atoms with Gasteiger partial charge < -0.3 is 21.8 Å². The van der Waals surface area contributed by atoms with Crippen LogP contribution in [0.15, 0.2) is 34.9 Å². The highest BCUT2D eigenvalue weighted by atomic mass is 35.5. The van der Waals surface area contributed by atoms with Crippen molar-refractivity contribution in [3.05, 3.63) is 41.1 Å². The number of quaternary nitrogens is 1. The maximum atomic E-state index is 5.86. The van der Waals surface area contributed by atoms with Gasteiger partial charge in [0.05, 0.1) is 13.1 Å². The molecule has 0 atom stereocenters. The van der Waals surface area contributed by atoms with Gasteiger partial charge in [0.2, 0.25) is 0 Å². The molecule has 0 saturated carbocycles. The lowest BCUT2D eigenvalue weighted by atomic mass is 10.1. The molecule has 1 N–H and O–H groups in total. The summed E-state index contributed by atoms with van der Waals surface area (Å²) in [5.41, 5.74) is 1.90. The van der Waals surface area contributed by atoms with Gasteiger partial charge in [-0.05, 0) is 26.0 Å². The van der Waals surface area contributed by atoms with Crippen molar-refractivity contribution in [3.8, 4) is 11.3 Å². The quantitative estimate of drug-likeness (QED) is 0.801. The third kappa shape index (κ3) is 4.23. The molecule has 19 heavy (non-hydrogen) atoms. The average Bonchev–Trinajstić information content (AvgIpc) is 2.85. The average molecular weight is 301 g/mol. The molecule has 1 heterocycles. The molecule has 0 saturated heterocycles. The smallest absolute Gasteiger partial charge is 0.191 e. The summed E-state index contributed by atoms with van der Waals surface area (Å²) in [7, 11) is 0. The van der Waals surface area contributed by atoms with E-state index in [1.54, 1.807) is 0 Å². The van der Waals surface area contributed by atoms with E-state index in [0.717, 1.165) is 41.7 Å². The SMILES string of the molecule is CC[NH+](CC)Cc1cc(-c2ccc(Cl)cc2)no1.[Cl-]. The first kappa shape index (κ1) is 16.0. The van der Waals surface area contributed by atoms with Crippen LogP contribution in [0.1, 0.15) is 19.6 Å². The monoisotopic (exact) mass is 300 g/mol. The second kappa shape index (κ2) is 7.53. The second-order valence-electron chi connectivity index (χ2n) is 4.32. The van der Waals surface area contributed by atoms with Crippen molar-refractivity contribution in [1.82, 2.24) is 5.16 Å². The van der Waals surface area contributed by atoms with Gasteiger partial charge in [-0.1, -0.05) is 28.9 Å². The van der Waals surface area contributed by atoms with E-state index in [1.807, 2.05) is 30.3 Å². The van der Waals surface area contributed by atoms with E-state index < -0.39 is 0 Å². The van der Waals surface area contributed by atoms with Crippen LogP contribution in [0, 0.1) is 0 Å². The van der Waals surface area contributed by atoms with Crippen LogP contribution in [0.3, 0.4) is 0 Å². The van der Waals surface area contributed by atoms with Crippen molar-refractivity contribution in [1.29, 1.82) is 0 Å². The fourth-order valence-corrected chi connectivity index (χ4v) is 2.03. The largest absolute Gasteiger partial charge is 1.00 e. The highest BCUT2D eigenvalue weighted by Gasteiger charge is 2.11. The number of halogens is 2. The van der Waals surface area contributed by atoms with E-state index in [1.165, 1.54) is 4.90 Å². The van der Waals surface area contributed by atoms with Crippen LogP contribution in [0.25, 0.3) is 11.3 Å². The normalized spacial score (nSPS) is 10.5. The van der Waals surface area contributed by atoms with Gasteiger partial charge in [-0.15, -0.1) is 0 Å². The van der Waals surface area contributed by atoms with E-state index in [9.17, 15) is 0 Å². The predicted molar refractivity (Wildman–Crippen MR) is 72.7 cm³/mol. The van der Waals surface area contributed by atoms with Gasteiger partial charge in [-0.3, -0.25) is 0 Å². The lowest BCUT2D eigenvalue weighted by molar-refractivity contribution is -0.911. The Labute approximate surface area is 124 Å². The van der Waals surface area contributed by atoms with Crippen LogP contribution in [-0.2, 0) is 6.54 Å². The number of rotatable bonds is 5. The minimum atomic E-state index is 0. The summed E-state index contributed by atoms with van der Waals surface area (Å²) in [5, 5.41) is 4.84. The predicted octanol–water partition coefficient (Wildman–Crippen LogP) is -0.576. The van der Waals surface area contributed by atoms with Gasteiger partial charge in [-0.25, -0.2) is 0 Å². The number of nitrogens with zero attached hydrogens (tertiary/aromatic N) is 1. The molecule has 0 aliphatic rings. The molecule has 0 aliphatic carbocycles. The number of aromatic nitrogens is 1. The molecule has 3 nitrogen and oxygen atoms in total. The lowest BCUT2D eigenvalue weighted by Gasteiger charge is -2.12. The second-order valence-corrected chi connectivity index (χ2v) is 4.76. The van der Waals surface area contributed by atoms with Gasteiger partial charge in [0, 0.05) is 16.7 Å². The van der Waals surface area contributed by atoms with Crippen LogP contribution in [0.2, 0.25) is 5.02 Å². The van der Waals surface area contributed by atoms with Crippen LogP contribution in [-0.4, -0.2) is 18.2 Å². The molecule has 0 unspecified atom stereocenters. The number of benzene rings is 1. The third-order valence-corrected chi connectivity index (χ3v) is 3.38. The maximum Gasteiger partial charge on any atom is 0.191 e. The minimum Gasteiger partial charge on any atom is -1.00 e. The molecule has 0 spiro atoms. The summed E-state index contributed by atoms with van der Waals surface area (Å²) in [6, 6.07) is 9.64. The first-order chi connectivity index (χ1) is 8.72. The Balaban J connectivity index is 0.00000180. The molecule has 5 heteroatoms. The van der Waals surface area contributed by atoms with E-state index in [4.69, 9.17) is 16.1 Å². The van der Waals surface area contributed by atoms with Gasteiger partial charge >= 0.3 is 0 Å². The fourth-order valence-electron chi connectivity index (χ4n) is 1.90. The number of hydrogen-bond donors (Lipinski definition) is 1. The van der Waals surface area contributed by atoms with Crippen molar-refractivity contribution < 1.29 is 21.8 Å². The summed E-state index contributed by atoms with van der Waals surface area (Å²) in [6.45, 7) is 7.42. The molecule has 0 bridgehead atoms. The van der Waals surface area contributed by atoms with Crippen molar-refractivity contribution in [2.75, 3.05) is 13.1 Å². The molecule has 1 aromatic heterocycles. The molecule has 104 valence electrons. The Kier molecular flexibility index (Phi) is 6.35. The molecule has 2 aromatic rings. The molecular formula is C14H18Cl2N2O. The highest BCUT2D eigenvalue weighted by Crippen LogP contribution is 2.20. The summed E-state index contributed by atoms with van der Waals surface area (Å²) in [4.78, 5) is 1.48. The lowest BCUT2D eigenvalue weighted by Crippen LogP contribution is -3.10. The van der Waals surface area contributed by atoms with Crippen molar-refractivity contribution in [2.45, 2.75) is 20.4 Å². The summed E-state index contributed by atoms with van der Waals surface area (Å²) in [5.74, 6) is 0.929. The number of hydrogen-bond acceptors (Lipinski definition) is 2. The first-order valence-corrected chi connectivity index (χ1v) is 6.65. The van der Waals surface area contributed by atoms with E-state index in [-0.39, 0.29) is 12.4 Å². The summed E-state index contributed by atoms with van der Waals surface area (Å²) < 4.78 is 5.38. The maximum absolute atomic E-state index is 5.86. The molecule has 0 aliphatic heterocycles. The zero-order valence-corrected chi connectivity index (χ0v) is 12.6. The van der Waals surface area contributed by atoms with E-state index >= 15 is 0 Å². The van der Waals surface area contributed by atoms with Gasteiger partial charge in [0.25, 0.3) is 0 Å². The number of nitrogens with one attached hydrogen (secondary N) is 1. The minimum absolute atomic E-state index is 0. The Morgan fingerprint density at radius 3 is 2.37 bits per heavy atom. The first-order valence-electron chi connectivity index (χ1n) is 6.28. The summed E-state index contributed by atoms with van der Waals surface area (Å²) >= 11 is 5.86. The van der Waals surface area contributed by atoms with Gasteiger partial charge in [0.1, 0.15) is 12.2 Å². The summed E-state index contributed by atoms with van der Waals surface area (Å²) in [6.07, 6.45) is 0. The highest BCUT2D eigenvalue weighted by molar-refractivity contribution is 6.30. The van der Waals surface area contributed by atoms with Crippen LogP contribution >= 0.6 is 11.6 Å². The van der Waals surface area contributed by atoms with Gasteiger partial charge in [-0.2, -0.15) is 0 Å². The zero-order valence-electron chi connectivity index (χ0n) is 11.1. The van der Waals surface area contributed by atoms with Crippen LogP contribution < -0.4 is 17.3 Å². The molecule has 1 aromatic carbocycles.